The Hall–Kier alpha value is -1.73. The van der Waals surface area contributed by atoms with Crippen molar-refractivity contribution in [2.75, 3.05) is 19.0 Å². The molecule has 2 rings (SSSR count). The van der Waals surface area contributed by atoms with Gasteiger partial charge in [0.2, 0.25) is 0 Å². The second-order valence-corrected chi connectivity index (χ2v) is 5.44. The van der Waals surface area contributed by atoms with Crippen molar-refractivity contribution >= 4 is 34.0 Å². The lowest BCUT2D eigenvalue weighted by atomic mass is 10.1. The molecule has 1 heterocycles. The summed E-state index contributed by atoms with van der Waals surface area (Å²) in [4.78, 5) is 15.5. The van der Waals surface area contributed by atoms with Gasteiger partial charge in [0.05, 0.1) is 7.11 Å². The maximum atomic E-state index is 13.0. The predicted octanol–water partition coefficient (Wildman–Crippen LogP) is 3.52. The molecule has 0 aliphatic carbocycles. The van der Waals surface area contributed by atoms with Crippen LogP contribution in [0.25, 0.3) is 0 Å². The Balaban J connectivity index is 1.96. The number of rotatable bonds is 5. The molecule has 4 nitrogen and oxygen atoms in total. The Morgan fingerprint density at radius 2 is 2.05 bits per heavy atom. The van der Waals surface area contributed by atoms with Gasteiger partial charge in [-0.3, -0.25) is 0 Å². The molecule has 0 amide bonds. The van der Waals surface area contributed by atoms with Crippen LogP contribution in [0.1, 0.15) is 15.2 Å². The molecule has 0 atom stereocenters. The van der Waals surface area contributed by atoms with Gasteiger partial charge in [0.15, 0.2) is 15.2 Å². The van der Waals surface area contributed by atoms with Crippen LogP contribution in [0.4, 0.5) is 13.9 Å². The van der Waals surface area contributed by atoms with Crippen LogP contribution in [0.15, 0.2) is 18.2 Å². The van der Waals surface area contributed by atoms with Gasteiger partial charge in [-0.2, -0.15) is 0 Å². The maximum Gasteiger partial charge on any atom is 0.351 e. The molecule has 112 valence electrons. The average Bonchev–Trinajstić information content (AvgIpc) is 2.78. The highest BCUT2D eigenvalue weighted by Crippen LogP contribution is 2.27. The Kier molecular flexibility index (Phi) is 5.08. The number of aromatic nitrogens is 1. The molecule has 21 heavy (non-hydrogen) atoms. The minimum atomic E-state index is -0.615. The fourth-order valence-corrected chi connectivity index (χ4v) is 2.79. The van der Waals surface area contributed by atoms with Crippen molar-refractivity contribution in [2.45, 2.75) is 6.42 Å². The second kappa shape index (κ2) is 6.82. The summed E-state index contributed by atoms with van der Waals surface area (Å²) in [5.41, 5.74) is 0.524. The van der Waals surface area contributed by atoms with Crippen LogP contribution < -0.4 is 5.32 Å². The van der Waals surface area contributed by atoms with Gasteiger partial charge >= 0.3 is 5.97 Å². The molecule has 0 aliphatic heterocycles. The zero-order valence-corrected chi connectivity index (χ0v) is 12.5. The summed E-state index contributed by atoms with van der Waals surface area (Å²) in [5, 5.41) is 3.45. The molecular weight excluding hydrogens is 322 g/mol. The number of nitrogens with zero attached hydrogens (tertiary/aromatic N) is 1. The van der Waals surface area contributed by atoms with Gasteiger partial charge < -0.3 is 10.1 Å². The van der Waals surface area contributed by atoms with Crippen molar-refractivity contribution in [3.05, 3.63) is 45.4 Å². The van der Waals surface area contributed by atoms with Crippen LogP contribution in [0.2, 0.25) is 5.15 Å². The molecule has 0 fully saturated rings. The predicted molar refractivity (Wildman–Crippen MR) is 77.0 cm³/mol. The van der Waals surface area contributed by atoms with E-state index in [1.165, 1.54) is 19.2 Å². The van der Waals surface area contributed by atoms with Crippen molar-refractivity contribution in [3.63, 3.8) is 0 Å². The van der Waals surface area contributed by atoms with Crippen LogP contribution in [0, 0.1) is 11.6 Å². The quantitative estimate of drug-likeness (QED) is 0.851. The third-order valence-corrected chi connectivity index (χ3v) is 3.95. The fourth-order valence-electron chi connectivity index (χ4n) is 1.66. The van der Waals surface area contributed by atoms with Gasteiger partial charge in [-0.25, -0.2) is 18.6 Å². The summed E-state index contributed by atoms with van der Waals surface area (Å²) in [6.45, 7) is 0.396. The number of methoxy groups -OCH3 is 1. The van der Waals surface area contributed by atoms with Gasteiger partial charge in [0.1, 0.15) is 11.6 Å². The number of esters is 1. The van der Waals surface area contributed by atoms with Crippen molar-refractivity contribution in [1.82, 2.24) is 4.98 Å². The van der Waals surface area contributed by atoms with E-state index >= 15 is 0 Å². The molecule has 8 heteroatoms. The molecule has 1 aromatic heterocycles. The first kappa shape index (κ1) is 15.7. The van der Waals surface area contributed by atoms with E-state index in [1.807, 2.05) is 0 Å². The van der Waals surface area contributed by atoms with Gasteiger partial charge in [-0.15, -0.1) is 0 Å². The standard InChI is InChI=1S/C13H11ClF2N2O2S/c1-20-12(19)10-11(14)18-13(21-10)17-3-2-7-4-8(15)6-9(16)5-7/h4-6H,2-3H2,1H3,(H,17,18). The topological polar surface area (TPSA) is 51.2 Å². The Labute approximate surface area is 128 Å². The number of halogens is 3. The molecule has 0 unspecified atom stereocenters. The van der Waals surface area contributed by atoms with Gasteiger partial charge in [-0.1, -0.05) is 22.9 Å². The normalized spacial score (nSPS) is 10.5. The molecule has 0 saturated heterocycles. The van der Waals surface area contributed by atoms with Crippen LogP contribution in [-0.2, 0) is 11.2 Å². The molecule has 0 radical (unpaired) electrons. The monoisotopic (exact) mass is 332 g/mol. The van der Waals surface area contributed by atoms with E-state index in [4.69, 9.17) is 11.6 Å². The first-order chi connectivity index (χ1) is 9.99. The van der Waals surface area contributed by atoms with Crippen molar-refractivity contribution in [1.29, 1.82) is 0 Å². The number of nitrogens with one attached hydrogen (secondary N) is 1. The molecular formula is C13H11ClF2N2O2S. The lowest BCUT2D eigenvalue weighted by Crippen LogP contribution is -2.05. The van der Waals surface area contributed by atoms with Crippen LogP contribution >= 0.6 is 22.9 Å². The van der Waals surface area contributed by atoms with Crippen molar-refractivity contribution in [2.24, 2.45) is 0 Å². The number of carbonyl (C=O) groups excluding carboxylic acids is 1. The summed E-state index contributed by atoms with van der Waals surface area (Å²) in [5.74, 6) is -1.79. The van der Waals surface area contributed by atoms with E-state index in [0.29, 0.717) is 23.7 Å². The van der Waals surface area contributed by atoms with E-state index in [0.717, 1.165) is 17.4 Å². The van der Waals surface area contributed by atoms with E-state index in [-0.39, 0.29) is 10.0 Å². The summed E-state index contributed by atoms with van der Waals surface area (Å²) in [7, 11) is 1.25. The van der Waals surface area contributed by atoms with E-state index < -0.39 is 17.6 Å². The van der Waals surface area contributed by atoms with Gasteiger partial charge in [-0.05, 0) is 24.1 Å². The molecule has 0 aliphatic rings. The first-order valence-electron chi connectivity index (χ1n) is 5.93. The number of carbonyl (C=O) groups is 1. The molecule has 1 N–H and O–H groups in total. The smallest absolute Gasteiger partial charge is 0.351 e. The summed E-state index contributed by atoms with van der Waals surface area (Å²) >= 11 is 6.87. The fraction of sp³-hybridized carbons (Fsp3) is 0.231. The number of benzene rings is 1. The average molecular weight is 333 g/mol. The van der Waals surface area contributed by atoms with E-state index in [1.54, 1.807) is 0 Å². The number of anilines is 1. The number of ether oxygens (including phenoxy) is 1. The van der Waals surface area contributed by atoms with E-state index in [2.05, 4.69) is 15.0 Å². The van der Waals surface area contributed by atoms with Crippen LogP contribution in [-0.4, -0.2) is 24.6 Å². The lowest BCUT2D eigenvalue weighted by Gasteiger charge is -2.03. The summed E-state index contributed by atoms with van der Waals surface area (Å²) < 4.78 is 30.6. The largest absolute Gasteiger partial charge is 0.465 e. The number of hydrogen-bond acceptors (Lipinski definition) is 5. The summed E-state index contributed by atoms with van der Waals surface area (Å²) in [6, 6.07) is 3.35. The zero-order chi connectivity index (χ0) is 15.4. The van der Waals surface area contributed by atoms with Gasteiger partial charge in [0, 0.05) is 12.6 Å². The van der Waals surface area contributed by atoms with Crippen molar-refractivity contribution in [3.8, 4) is 0 Å². The van der Waals surface area contributed by atoms with Gasteiger partial charge in [0.25, 0.3) is 0 Å². The van der Waals surface area contributed by atoms with Crippen LogP contribution in [0.3, 0.4) is 0 Å². The lowest BCUT2D eigenvalue weighted by molar-refractivity contribution is 0.0606. The highest BCUT2D eigenvalue weighted by Gasteiger charge is 2.16. The summed E-state index contributed by atoms with van der Waals surface area (Å²) in [6.07, 6.45) is 0.402. The highest BCUT2D eigenvalue weighted by molar-refractivity contribution is 7.18. The second-order valence-electron chi connectivity index (χ2n) is 4.09. The molecule has 0 bridgehead atoms. The van der Waals surface area contributed by atoms with E-state index in [9.17, 15) is 13.6 Å². The minimum Gasteiger partial charge on any atom is -0.465 e. The first-order valence-corrected chi connectivity index (χ1v) is 7.12. The SMILES string of the molecule is COC(=O)c1sc(NCCc2cc(F)cc(F)c2)nc1Cl. The van der Waals surface area contributed by atoms with Crippen molar-refractivity contribution < 1.29 is 18.3 Å². The number of thiazole rings is 1. The third kappa shape index (κ3) is 4.12. The number of hydrogen-bond donors (Lipinski definition) is 1. The Morgan fingerprint density at radius 1 is 1.38 bits per heavy atom. The Morgan fingerprint density at radius 3 is 2.67 bits per heavy atom. The maximum absolute atomic E-state index is 13.0. The zero-order valence-electron chi connectivity index (χ0n) is 11.0. The highest BCUT2D eigenvalue weighted by atomic mass is 35.5. The van der Waals surface area contributed by atoms with Crippen LogP contribution in [0.5, 0.6) is 0 Å². The Bertz CT molecular complexity index is 643. The molecule has 0 spiro atoms. The molecule has 2 aromatic rings. The minimum absolute atomic E-state index is 0.0613. The third-order valence-electron chi connectivity index (χ3n) is 2.57. The molecule has 1 aromatic carbocycles. The molecule has 0 saturated carbocycles.